The molecule has 4 heteroatoms. The molecule has 17 heavy (non-hydrogen) atoms. The van der Waals surface area contributed by atoms with Crippen molar-refractivity contribution in [3.05, 3.63) is 54.6 Å². The molecular weight excluding hydrogens is 320 g/mol. The summed E-state index contributed by atoms with van der Waals surface area (Å²) >= 11 is 11.3. The van der Waals surface area contributed by atoms with Crippen LogP contribution in [-0.2, 0) is 0 Å². The minimum Gasteiger partial charge on any atom is -0.383 e. The van der Waals surface area contributed by atoms with Crippen molar-refractivity contribution in [1.82, 2.24) is 0 Å². The van der Waals surface area contributed by atoms with Gasteiger partial charge in [-0.05, 0) is 41.4 Å². The van der Waals surface area contributed by atoms with Gasteiger partial charge < -0.3 is 5.11 Å². The Hall–Kier alpha value is -0.350. The first kappa shape index (κ1) is 13.1. The third kappa shape index (κ3) is 2.58. The summed E-state index contributed by atoms with van der Waals surface area (Å²) < 4.78 is 0.935. The fourth-order valence-electron chi connectivity index (χ4n) is 1.71. The summed E-state index contributed by atoms with van der Waals surface area (Å²) in [5.74, 6) is 0. The van der Waals surface area contributed by atoms with Crippen molar-refractivity contribution in [1.29, 1.82) is 0 Å². The van der Waals surface area contributed by atoms with E-state index in [9.17, 15) is 5.11 Å². The predicted molar refractivity (Wildman–Crippen MR) is 77.0 cm³/mol. The van der Waals surface area contributed by atoms with Gasteiger partial charge in [-0.15, -0.1) is 11.3 Å². The minimum absolute atomic E-state index is 0.637. The van der Waals surface area contributed by atoms with Crippen LogP contribution in [0.4, 0.5) is 0 Å². The molecule has 1 atom stereocenters. The summed E-state index contributed by atoms with van der Waals surface area (Å²) in [4.78, 5) is 2.06. The lowest BCUT2D eigenvalue weighted by atomic mass is 10.1. The fraction of sp³-hybridized carbons (Fsp3) is 0.231. The first-order valence-electron chi connectivity index (χ1n) is 5.19. The molecule has 0 saturated heterocycles. The van der Waals surface area contributed by atoms with Crippen LogP contribution in [0.5, 0.6) is 0 Å². The molecule has 0 aliphatic carbocycles. The molecule has 2 rings (SSSR count). The Balaban J connectivity index is 2.47. The third-order valence-electron chi connectivity index (χ3n) is 2.60. The first-order valence-corrected chi connectivity index (χ1v) is 7.18. The Kier molecular flexibility index (Phi) is 3.93. The number of aryl methyl sites for hydroxylation is 2. The zero-order valence-corrected chi connectivity index (χ0v) is 12.7. The van der Waals surface area contributed by atoms with Gasteiger partial charge in [0.1, 0.15) is 6.10 Å². The smallest absolute Gasteiger partial charge is 0.116 e. The summed E-state index contributed by atoms with van der Waals surface area (Å²) in [6, 6.07) is 7.72. The van der Waals surface area contributed by atoms with Crippen LogP contribution in [0.25, 0.3) is 0 Å². The van der Waals surface area contributed by atoms with Crippen LogP contribution in [0.15, 0.2) is 28.7 Å². The molecule has 2 aromatic rings. The Morgan fingerprint density at radius 2 is 2.06 bits per heavy atom. The lowest BCUT2D eigenvalue weighted by Crippen LogP contribution is -1.99. The zero-order valence-electron chi connectivity index (χ0n) is 9.50. The van der Waals surface area contributed by atoms with E-state index in [4.69, 9.17) is 11.6 Å². The number of hydrogen-bond donors (Lipinski definition) is 1. The lowest BCUT2D eigenvalue weighted by molar-refractivity contribution is 0.223. The highest BCUT2D eigenvalue weighted by Gasteiger charge is 2.19. The number of aliphatic hydroxyl groups excluding tert-OH is 1. The van der Waals surface area contributed by atoms with E-state index in [2.05, 4.69) is 15.9 Å². The van der Waals surface area contributed by atoms with E-state index in [1.165, 1.54) is 0 Å². The fourth-order valence-corrected chi connectivity index (χ4v) is 3.81. The van der Waals surface area contributed by atoms with Crippen molar-refractivity contribution in [2.24, 2.45) is 0 Å². The van der Waals surface area contributed by atoms with E-state index in [0.29, 0.717) is 5.02 Å². The average Bonchev–Trinajstić information content (AvgIpc) is 2.61. The van der Waals surface area contributed by atoms with Gasteiger partial charge in [-0.3, -0.25) is 0 Å². The summed E-state index contributed by atoms with van der Waals surface area (Å²) in [7, 11) is 0. The number of aliphatic hydroxyl groups is 1. The largest absolute Gasteiger partial charge is 0.383 e. The van der Waals surface area contributed by atoms with Gasteiger partial charge in [0.05, 0.1) is 4.88 Å². The number of benzene rings is 1. The van der Waals surface area contributed by atoms with Crippen LogP contribution >= 0.6 is 38.9 Å². The van der Waals surface area contributed by atoms with Crippen molar-refractivity contribution in [3.8, 4) is 0 Å². The monoisotopic (exact) mass is 330 g/mol. The predicted octanol–water partition coefficient (Wildman–Crippen LogP) is 4.86. The Labute approximate surface area is 118 Å². The van der Waals surface area contributed by atoms with Crippen molar-refractivity contribution in [2.75, 3.05) is 0 Å². The van der Waals surface area contributed by atoms with Gasteiger partial charge >= 0.3 is 0 Å². The van der Waals surface area contributed by atoms with Gasteiger partial charge in [-0.1, -0.05) is 29.8 Å². The van der Waals surface area contributed by atoms with E-state index >= 15 is 0 Å². The van der Waals surface area contributed by atoms with Gasteiger partial charge in [-0.2, -0.15) is 0 Å². The Morgan fingerprint density at radius 1 is 1.35 bits per heavy atom. The number of thiophene rings is 1. The normalized spacial score (nSPS) is 12.8. The van der Waals surface area contributed by atoms with Crippen LogP contribution < -0.4 is 0 Å². The van der Waals surface area contributed by atoms with Crippen molar-refractivity contribution < 1.29 is 5.11 Å². The molecule has 0 spiro atoms. The second-order valence-electron chi connectivity index (χ2n) is 3.95. The summed E-state index contributed by atoms with van der Waals surface area (Å²) in [5.41, 5.74) is 1.74. The van der Waals surface area contributed by atoms with Gasteiger partial charge in [-0.25, -0.2) is 0 Å². The second kappa shape index (κ2) is 5.11. The van der Waals surface area contributed by atoms with Gasteiger partial charge in [0.25, 0.3) is 0 Å². The van der Waals surface area contributed by atoms with Crippen LogP contribution in [0.3, 0.4) is 0 Å². The summed E-state index contributed by atoms with van der Waals surface area (Å²) in [5, 5.41) is 11.0. The molecule has 90 valence electrons. The summed E-state index contributed by atoms with van der Waals surface area (Å²) in [6.45, 7) is 3.96. The van der Waals surface area contributed by atoms with E-state index in [1.54, 1.807) is 11.3 Å². The van der Waals surface area contributed by atoms with Crippen molar-refractivity contribution >= 4 is 38.9 Å². The van der Waals surface area contributed by atoms with Crippen molar-refractivity contribution in [2.45, 2.75) is 20.0 Å². The van der Waals surface area contributed by atoms with E-state index in [0.717, 1.165) is 25.4 Å². The molecule has 0 aliphatic rings. The second-order valence-corrected chi connectivity index (χ2v) is 6.47. The number of halogens is 2. The molecule has 1 aromatic heterocycles. The van der Waals surface area contributed by atoms with Crippen LogP contribution in [-0.4, -0.2) is 5.11 Å². The SMILES string of the molecule is Cc1cc(Br)c(C(O)c2cccc(C)c2Cl)s1. The average molecular weight is 332 g/mol. The maximum Gasteiger partial charge on any atom is 0.116 e. The highest BCUT2D eigenvalue weighted by molar-refractivity contribution is 9.10. The molecular formula is C13H12BrClOS. The van der Waals surface area contributed by atoms with E-state index in [1.807, 2.05) is 38.1 Å². The van der Waals surface area contributed by atoms with Gasteiger partial charge in [0.15, 0.2) is 0 Å². The molecule has 0 aliphatic heterocycles. The highest BCUT2D eigenvalue weighted by Crippen LogP contribution is 2.38. The Morgan fingerprint density at radius 3 is 2.65 bits per heavy atom. The molecule has 1 N–H and O–H groups in total. The maximum atomic E-state index is 10.4. The first-order chi connectivity index (χ1) is 8.00. The molecule has 1 nitrogen and oxygen atoms in total. The molecule has 1 unspecified atom stereocenters. The van der Waals surface area contributed by atoms with Crippen LogP contribution in [0.2, 0.25) is 5.02 Å². The van der Waals surface area contributed by atoms with Gasteiger partial charge in [0, 0.05) is 19.9 Å². The lowest BCUT2D eigenvalue weighted by Gasteiger charge is -2.13. The number of rotatable bonds is 2. The molecule has 0 fully saturated rings. The third-order valence-corrected chi connectivity index (χ3v) is 5.14. The molecule has 0 amide bonds. The van der Waals surface area contributed by atoms with Crippen LogP contribution in [0.1, 0.15) is 27.0 Å². The van der Waals surface area contributed by atoms with E-state index < -0.39 is 6.10 Å². The zero-order chi connectivity index (χ0) is 12.6. The molecule has 0 radical (unpaired) electrons. The Bertz CT molecular complexity index is 550. The van der Waals surface area contributed by atoms with Gasteiger partial charge in [0.2, 0.25) is 0 Å². The van der Waals surface area contributed by atoms with Crippen LogP contribution in [0, 0.1) is 13.8 Å². The minimum atomic E-state index is -0.671. The molecule has 0 bridgehead atoms. The van der Waals surface area contributed by atoms with E-state index in [-0.39, 0.29) is 0 Å². The highest BCUT2D eigenvalue weighted by atomic mass is 79.9. The molecule has 0 saturated carbocycles. The molecule has 1 aromatic carbocycles. The summed E-state index contributed by atoms with van der Waals surface area (Å²) in [6.07, 6.45) is -0.671. The molecule has 1 heterocycles. The standard InChI is InChI=1S/C13H12BrClOS/c1-7-4-3-5-9(11(7)15)12(16)13-10(14)6-8(2)17-13/h3-6,12,16H,1-2H3. The van der Waals surface area contributed by atoms with Crippen molar-refractivity contribution in [3.63, 3.8) is 0 Å². The number of hydrogen-bond acceptors (Lipinski definition) is 2. The quantitative estimate of drug-likeness (QED) is 0.833. The topological polar surface area (TPSA) is 20.2 Å². The maximum absolute atomic E-state index is 10.4.